The largest absolute Gasteiger partial charge is 0.480 e. The molecule has 222 valence electrons. The topological polar surface area (TPSA) is 123 Å². The van der Waals surface area contributed by atoms with Gasteiger partial charge in [-0.15, -0.1) is 0 Å². The minimum Gasteiger partial charge on any atom is -0.480 e. The van der Waals surface area contributed by atoms with E-state index in [-0.39, 0.29) is 25.7 Å². The highest BCUT2D eigenvalue weighted by Crippen LogP contribution is 2.44. The van der Waals surface area contributed by atoms with E-state index >= 15 is 0 Å². The van der Waals surface area contributed by atoms with Gasteiger partial charge in [0.2, 0.25) is 5.91 Å². The summed E-state index contributed by atoms with van der Waals surface area (Å²) in [6.45, 7) is 7.00. The molecule has 3 aromatic rings. The van der Waals surface area contributed by atoms with Crippen LogP contribution in [-0.2, 0) is 30.4 Å². The highest BCUT2D eigenvalue weighted by Gasteiger charge is 2.34. The number of amides is 2. The third-order valence-electron chi connectivity index (χ3n) is 7.02. The second-order valence-electron chi connectivity index (χ2n) is 11.3. The van der Waals surface area contributed by atoms with Crippen molar-refractivity contribution in [1.29, 1.82) is 0 Å². The maximum atomic E-state index is 13.4. The SMILES string of the molecule is CC(OCc1ccccc1)C(NC(=O)OCC1c2ccccc2-c2ccccc21)C(=O)N[C@@H](COC(C)(C)C)C(=O)O. The zero-order chi connectivity index (χ0) is 30.3. The third-order valence-corrected chi connectivity index (χ3v) is 7.02. The monoisotopic (exact) mass is 574 g/mol. The third kappa shape index (κ3) is 7.96. The van der Waals surface area contributed by atoms with Crippen LogP contribution in [0.4, 0.5) is 4.79 Å². The van der Waals surface area contributed by atoms with Gasteiger partial charge < -0.3 is 30.0 Å². The fraction of sp³-hybridized carbons (Fsp3) is 0.364. The number of carbonyl (C=O) groups excluding carboxylic acids is 2. The first-order chi connectivity index (χ1) is 20.0. The lowest BCUT2D eigenvalue weighted by Crippen LogP contribution is -2.57. The van der Waals surface area contributed by atoms with Crippen LogP contribution < -0.4 is 10.6 Å². The summed E-state index contributed by atoms with van der Waals surface area (Å²) in [5.74, 6) is -2.15. The molecular weight excluding hydrogens is 536 g/mol. The molecule has 0 saturated heterocycles. The molecule has 9 heteroatoms. The predicted molar refractivity (Wildman–Crippen MR) is 158 cm³/mol. The molecule has 1 aliphatic carbocycles. The molecule has 0 bridgehead atoms. The second-order valence-corrected chi connectivity index (χ2v) is 11.3. The Morgan fingerprint density at radius 3 is 2.00 bits per heavy atom. The Labute approximate surface area is 246 Å². The van der Waals surface area contributed by atoms with E-state index in [0.717, 1.165) is 27.8 Å². The van der Waals surface area contributed by atoms with Gasteiger partial charge in [0.25, 0.3) is 0 Å². The minimum absolute atomic E-state index is 0.0601. The molecular formula is C33H38N2O7. The second kappa shape index (κ2) is 13.6. The zero-order valence-corrected chi connectivity index (χ0v) is 24.3. The lowest BCUT2D eigenvalue weighted by molar-refractivity contribution is -0.146. The number of carboxylic acids is 1. The fourth-order valence-electron chi connectivity index (χ4n) is 4.83. The van der Waals surface area contributed by atoms with Gasteiger partial charge in [-0.05, 0) is 55.5 Å². The van der Waals surface area contributed by atoms with Gasteiger partial charge in [0.05, 0.1) is 24.9 Å². The predicted octanol–water partition coefficient (Wildman–Crippen LogP) is 4.88. The van der Waals surface area contributed by atoms with Gasteiger partial charge in [-0.2, -0.15) is 0 Å². The Bertz CT molecular complexity index is 1340. The minimum atomic E-state index is -1.33. The van der Waals surface area contributed by atoms with E-state index in [1.54, 1.807) is 27.7 Å². The van der Waals surface area contributed by atoms with Crippen LogP contribution in [0, 0.1) is 0 Å². The maximum absolute atomic E-state index is 13.4. The molecule has 4 rings (SSSR count). The first-order valence-electron chi connectivity index (χ1n) is 14.0. The Morgan fingerprint density at radius 1 is 0.857 bits per heavy atom. The lowest BCUT2D eigenvalue weighted by atomic mass is 9.98. The van der Waals surface area contributed by atoms with Crippen molar-refractivity contribution in [2.45, 2.75) is 64.0 Å². The number of fused-ring (bicyclic) bond motifs is 3. The number of hydrogen-bond acceptors (Lipinski definition) is 6. The molecule has 2 amide bonds. The van der Waals surface area contributed by atoms with Crippen molar-refractivity contribution in [2.24, 2.45) is 0 Å². The summed E-state index contributed by atoms with van der Waals surface area (Å²) in [6, 6.07) is 22.8. The number of carbonyl (C=O) groups is 3. The molecule has 0 heterocycles. The van der Waals surface area contributed by atoms with Gasteiger partial charge in [0, 0.05) is 5.92 Å². The molecule has 1 aliphatic rings. The number of benzene rings is 3. The average molecular weight is 575 g/mol. The van der Waals surface area contributed by atoms with Crippen LogP contribution in [0.2, 0.25) is 0 Å². The number of alkyl carbamates (subject to hydrolysis) is 1. The van der Waals surface area contributed by atoms with E-state index in [9.17, 15) is 19.5 Å². The Hall–Kier alpha value is -4.21. The molecule has 3 N–H and O–H groups in total. The molecule has 0 spiro atoms. The number of carboxylic acid groups (broad SMARTS) is 1. The molecule has 0 aromatic heterocycles. The van der Waals surface area contributed by atoms with E-state index in [1.807, 2.05) is 78.9 Å². The highest BCUT2D eigenvalue weighted by atomic mass is 16.5. The summed E-state index contributed by atoms with van der Waals surface area (Å²) >= 11 is 0. The number of hydrogen-bond donors (Lipinski definition) is 3. The zero-order valence-electron chi connectivity index (χ0n) is 24.3. The van der Waals surface area contributed by atoms with Gasteiger partial charge in [-0.25, -0.2) is 9.59 Å². The average Bonchev–Trinajstić information content (AvgIpc) is 3.29. The van der Waals surface area contributed by atoms with Crippen molar-refractivity contribution in [2.75, 3.05) is 13.2 Å². The molecule has 0 radical (unpaired) electrons. The van der Waals surface area contributed by atoms with Crippen molar-refractivity contribution >= 4 is 18.0 Å². The summed E-state index contributed by atoms with van der Waals surface area (Å²) in [7, 11) is 0. The van der Waals surface area contributed by atoms with Crippen LogP contribution in [0.25, 0.3) is 11.1 Å². The van der Waals surface area contributed by atoms with Crippen molar-refractivity contribution in [3.8, 4) is 11.1 Å². The smallest absolute Gasteiger partial charge is 0.407 e. The standard InChI is InChI=1S/C33H38N2O7/c1-21(40-18-22-12-6-5-7-13-22)29(30(36)34-28(31(37)38)20-42-33(2,3)4)35-32(39)41-19-27-25-16-10-8-14-23(25)24-15-9-11-17-26(24)27/h5-17,21,27-29H,18-20H2,1-4H3,(H,34,36)(H,35,39)(H,37,38)/t21?,28-,29?/m0/s1. The molecule has 3 aromatic carbocycles. The van der Waals surface area contributed by atoms with Crippen LogP contribution >= 0.6 is 0 Å². The van der Waals surface area contributed by atoms with E-state index in [2.05, 4.69) is 10.6 Å². The Morgan fingerprint density at radius 2 is 1.43 bits per heavy atom. The van der Waals surface area contributed by atoms with E-state index < -0.39 is 41.8 Å². The molecule has 0 fully saturated rings. The van der Waals surface area contributed by atoms with Crippen LogP contribution in [0.15, 0.2) is 78.9 Å². The van der Waals surface area contributed by atoms with Gasteiger partial charge in [-0.3, -0.25) is 4.79 Å². The number of aliphatic carboxylic acids is 1. The van der Waals surface area contributed by atoms with E-state index in [4.69, 9.17) is 14.2 Å². The molecule has 0 aliphatic heterocycles. The summed E-state index contributed by atoms with van der Waals surface area (Å²) in [6.07, 6.45) is -1.63. The molecule has 3 atom stereocenters. The first-order valence-corrected chi connectivity index (χ1v) is 14.0. The van der Waals surface area contributed by atoms with Crippen molar-refractivity contribution < 1.29 is 33.7 Å². The molecule has 42 heavy (non-hydrogen) atoms. The summed E-state index contributed by atoms with van der Waals surface area (Å²) in [4.78, 5) is 38.4. The molecule has 2 unspecified atom stereocenters. The fourth-order valence-corrected chi connectivity index (χ4v) is 4.83. The van der Waals surface area contributed by atoms with Crippen molar-refractivity contribution in [3.63, 3.8) is 0 Å². The van der Waals surface area contributed by atoms with Gasteiger partial charge >= 0.3 is 12.1 Å². The van der Waals surface area contributed by atoms with E-state index in [1.165, 1.54) is 0 Å². The van der Waals surface area contributed by atoms with Crippen LogP contribution in [0.3, 0.4) is 0 Å². The van der Waals surface area contributed by atoms with Crippen LogP contribution in [0.5, 0.6) is 0 Å². The molecule has 9 nitrogen and oxygen atoms in total. The normalized spacial score (nSPS) is 14.7. The Balaban J connectivity index is 1.46. The Kier molecular flexibility index (Phi) is 9.98. The van der Waals surface area contributed by atoms with Gasteiger partial charge in [0.15, 0.2) is 6.04 Å². The summed E-state index contributed by atoms with van der Waals surface area (Å²) < 4.78 is 17.2. The van der Waals surface area contributed by atoms with Crippen LogP contribution in [0.1, 0.15) is 50.3 Å². The first kappa shape index (κ1) is 30.7. The highest BCUT2D eigenvalue weighted by molar-refractivity contribution is 5.89. The van der Waals surface area contributed by atoms with Gasteiger partial charge in [0.1, 0.15) is 12.6 Å². The number of rotatable bonds is 12. The number of nitrogens with one attached hydrogen (secondary N) is 2. The van der Waals surface area contributed by atoms with Crippen molar-refractivity contribution in [1.82, 2.24) is 10.6 Å². The summed E-state index contributed by atoms with van der Waals surface area (Å²) in [5.41, 5.74) is 4.58. The van der Waals surface area contributed by atoms with Crippen LogP contribution in [-0.4, -0.2) is 60.1 Å². The lowest BCUT2D eigenvalue weighted by Gasteiger charge is -2.27. The molecule has 0 saturated carbocycles. The van der Waals surface area contributed by atoms with Gasteiger partial charge in [-0.1, -0.05) is 78.9 Å². The number of ether oxygens (including phenoxy) is 3. The van der Waals surface area contributed by atoms with Crippen molar-refractivity contribution in [3.05, 3.63) is 95.6 Å². The summed E-state index contributed by atoms with van der Waals surface area (Å²) in [5, 5.41) is 14.8. The maximum Gasteiger partial charge on any atom is 0.407 e. The quantitative estimate of drug-likeness (QED) is 0.282. The van der Waals surface area contributed by atoms with E-state index in [0.29, 0.717) is 0 Å².